The van der Waals surface area contributed by atoms with Crippen LogP contribution >= 0.6 is 0 Å². The highest BCUT2D eigenvalue weighted by atomic mass is 14.9. The van der Waals surface area contributed by atoms with Crippen molar-refractivity contribution in [1.29, 1.82) is 0 Å². The normalized spacial score (nSPS) is 12.1. The second-order valence-electron chi connectivity index (χ2n) is 3.05. The lowest BCUT2D eigenvalue weighted by molar-refractivity contribution is 0.609. The average Bonchev–Trinajstić information content (AvgIpc) is 2.14. The highest BCUT2D eigenvalue weighted by Crippen LogP contribution is 2.15. The van der Waals surface area contributed by atoms with Gasteiger partial charge in [-0.05, 0) is 25.1 Å². The molecule has 1 N–H and O–H groups in total. The van der Waals surface area contributed by atoms with Crippen LogP contribution in [0.4, 0.5) is 0 Å². The van der Waals surface area contributed by atoms with Crippen molar-refractivity contribution >= 4 is 0 Å². The van der Waals surface area contributed by atoms with Gasteiger partial charge in [0, 0.05) is 24.9 Å². The Hall–Kier alpha value is -1.33. The van der Waals surface area contributed by atoms with Crippen molar-refractivity contribution in [3.05, 3.63) is 29.6 Å². The second kappa shape index (κ2) is 4.64. The number of rotatable bonds is 3. The lowest BCUT2D eigenvalue weighted by Crippen LogP contribution is -2.15. The summed E-state index contributed by atoms with van der Waals surface area (Å²) in [6.45, 7) is 2.03. The Balaban J connectivity index is 2.86. The molecule has 0 bridgehead atoms. The molecular formula is C11H14N2. The molecule has 2 nitrogen and oxygen atoms in total. The standard InChI is InChI=1S/C11H14N2/c1-4-5-11(12-3)10-6-9(2)7-13-8-10/h1,6-8,11-12H,5H2,2-3H3. The summed E-state index contributed by atoms with van der Waals surface area (Å²) in [5.41, 5.74) is 2.32. The van der Waals surface area contributed by atoms with E-state index in [1.807, 2.05) is 26.4 Å². The number of hydrogen-bond donors (Lipinski definition) is 1. The number of pyridine rings is 1. The maximum absolute atomic E-state index is 5.27. The zero-order chi connectivity index (χ0) is 9.68. The number of nitrogens with one attached hydrogen (secondary N) is 1. The Kier molecular flexibility index (Phi) is 3.48. The van der Waals surface area contributed by atoms with Crippen LogP contribution in [-0.2, 0) is 0 Å². The summed E-state index contributed by atoms with van der Waals surface area (Å²) in [6.07, 6.45) is 9.66. The molecule has 1 aromatic heterocycles. The summed E-state index contributed by atoms with van der Waals surface area (Å²) in [6, 6.07) is 2.32. The third kappa shape index (κ3) is 2.57. The third-order valence-electron chi connectivity index (χ3n) is 1.97. The predicted molar refractivity (Wildman–Crippen MR) is 54.2 cm³/mol. The minimum atomic E-state index is 0.220. The van der Waals surface area contributed by atoms with Gasteiger partial charge in [-0.1, -0.05) is 6.07 Å². The first-order valence-corrected chi connectivity index (χ1v) is 4.30. The fourth-order valence-electron chi connectivity index (χ4n) is 1.27. The van der Waals surface area contributed by atoms with Crippen LogP contribution in [0, 0.1) is 19.3 Å². The summed E-state index contributed by atoms with van der Waals surface area (Å²) >= 11 is 0. The largest absolute Gasteiger partial charge is 0.312 e. The molecule has 0 aliphatic carbocycles. The Morgan fingerprint density at radius 2 is 2.38 bits per heavy atom. The van der Waals surface area contributed by atoms with E-state index < -0.39 is 0 Å². The van der Waals surface area contributed by atoms with E-state index >= 15 is 0 Å². The molecule has 0 saturated carbocycles. The van der Waals surface area contributed by atoms with E-state index in [0.717, 1.165) is 11.1 Å². The molecule has 0 fully saturated rings. The van der Waals surface area contributed by atoms with Gasteiger partial charge in [-0.2, -0.15) is 0 Å². The summed E-state index contributed by atoms with van der Waals surface area (Å²) in [5.74, 6) is 2.65. The SMILES string of the molecule is C#CCC(NC)c1cncc(C)c1. The topological polar surface area (TPSA) is 24.9 Å². The first-order chi connectivity index (χ1) is 6.27. The van der Waals surface area contributed by atoms with E-state index in [0.29, 0.717) is 6.42 Å². The Morgan fingerprint density at radius 3 is 2.92 bits per heavy atom. The van der Waals surface area contributed by atoms with E-state index in [1.54, 1.807) is 0 Å². The maximum atomic E-state index is 5.27. The predicted octanol–water partition coefficient (Wildman–Crippen LogP) is 1.67. The van der Waals surface area contributed by atoms with Gasteiger partial charge in [0.05, 0.1) is 0 Å². The minimum absolute atomic E-state index is 0.220. The molecule has 1 aromatic rings. The van der Waals surface area contributed by atoms with Crippen molar-refractivity contribution in [2.45, 2.75) is 19.4 Å². The molecule has 2 heteroatoms. The van der Waals surface area contributed by atoms with Crippen molar-refractivity contribution in [2.75, 3.05) is 7.05 Å². The van der Waals surface area contributed by atoms with Gasteiger partial charge in [-0.25, -0.2) is 0 Å². The van der Waals surface area contributed by atoms with Crippen molar-refractivity contribution in [1.82, 2.24) is 10.3 Å². The van der Waals surface area contributed by atoms with Gasteiger partial charge in [0.15, 0.2) is 0 Å². The smallest absolute Gasteiger partial charge is 0.0443 e. The summed E-state index contributed by atoms with van der Waals surface area (Å²) < 4.78 is 0. The highest BCUT2D eigenvalue weighted by molar-refractivity contribution is 5.21. The number of hydrogen-bond acceptors (Lipinski definition) is 2. The number of terminal acetylenes is 1. The average molecular weight is 174 g/mol. The Bertz CT molecular complexity index is 312. The lowest BCUT2D eigenvalue weighted by atomic mass is 10.1. The molecular weight excluding hydrogens is 160 g/mol. The van der Waals surface area contributed by atoms with E-state index in [9.17, 15) is 0 Å². The van der Waals surface area contributed by atoms with Crippen molar-refractivity contribution in [2.24, 2.45) is 0 Å². The van der Waals surface area contributed by atoms with Crippen LogP contribution in [0.3, 0.4) is 0 Å². The lowest BCUT2D eigenvalue weighted by Gasteiger charge is -2.13. The van der Waals surface area contributed by atoms with Gasteiger partial charge in [-0.3, -0.25) is 4.98 Å². The third-order valence-corrected chi connectivity index (χ3v) is 1.97. The van der Waals surface area contributed by atoms with Crippen LogP contribution in [0.5, 0.6) is 0 Å². The van der Waals surface area contributed by atoms with E-state index in [-0.39, 0.29) is 6.04 Å². The fourth-order valence-corrected chi connectivity index (χ4v) is 1.27. The number of nitrogens with zero attached hydrogens (tertiary/aromatic N) is 1. The Morgan fingerprint density at radius 1 is 1.62 bits per heavy atom. The van der Waals surface area contributed by atoms with Gasteiger partial charge >= 0.3 is 0 Å². The molecule has 1 atom stereocenters. The molecule has 1 rings (SSSR count). The second-order valence-corrected chi connectivity index (χ2v) is 3.05. The molecule has 0 aromatic carbocycles. The van der Waals surface area contributed by atoms with Crippen molar-refractivity contribution in [3.8, 4) is 12.3 Å². The molecule has 1 unspecified atom stereocenters. The summed E-state index contributed by atoms with van der Waals surface area (Å²) in [5, 5.41) is 3.16. The van der Waals surface area contributed by atoms with Crippen LogP contribution in [0.25, 0.3) is 0 Å². The molecule has 0 aliphatic rings. The van der Waals surface area contributed by atoms with Crippen LogP contribution < -0.4 is 5.32 Å². The number of aromatic nitrogens is 1. The van der Waals surface area contributed by atoms with E-state index in [2.05, 4.69) is 22.3 Å². The molecule has 0 spiro atoms. The number of aryl methyl sites for hydroxylation is 1. The van der Waals surface area contributed by atoms with Crippen molar-refractivity contribution < 1.29 is 0 Å². The summed E-state index contributed by atoms with van der Waals surface area (Å²) in [7, 11) is 1.91. The fraction of sp³-hybridized carbons (Fsp3) is 0.364. The molecule has 0 aliphatic heterocycles. The summed E-state index contributed by atoms with van der Waals surface area (Å²) in [4.78, 5) is 4.13. The van der Waals surface area contributed by atoms with Crippen LogP contribution in [-0.4, -0.2) is 12.0 Å². The van der Waals surface area contributed by atoms with Gasteiger partial charge in [0.25, 0.3) is 0 Å². The molecule has 13 heavy (non-hydrogen) atoms. The van der Waals surface area contributed by atoms with Gasteiger partial charge in [0.1, 0.15) is 0 Å². The van der Waals surface area contributed by atoms with Gasteiger partial charge in [0.2, 0.25) is 0 Å². The molecule has 0 radical (unpaired) electrons. The zero-order valence-corrected chi connectivity index (χ0v) is 8.04. The first-order valence-electron chi connectivity index (χ1n) is 4.30. The van der Waals surface area contributed by atoms with Crippen LogP contribution in [0.1, 0.15) is 23.6 Å². The van der Waals surface area contributed by atoms with Gasteiger partial charge in [-0.15, -0.1) is 12.3 Å². The van der Waals surface area contributed by atoms with Crippen LogP contribution in [0.15, 0.2) is 18.5 Å². The maximum Gasteiger partial charge on any atom is 0.0443 e. The van der Waals surface area contributed by atoms with Crippen LogP contribution in [0.2, 0.25) is 0 Å². The first kappa shape index (κ1) is 9.76. The molecule has 68 valence electrons. The molecule has 0 amide bonds. The van der Waals surface area contributed by atoms with Crippen molar-refractivity contribution in [3.63, 3.8) is 0 Å². The highest BCUT2D eigenvalue weighted by Gasteiger charge is 2.07. The quantitative estimate of drug-likeness (QED) is 0.705. The van der Waals surface area contributed by atoms with E-state index in [4.69, 9.17) is 6.42 Å². The monoisotopic (exact) mass is 174 g/mol. The zero-order valence-electron chi connectivity index (χ0n) is 8.04. The van der Waals surface area contributed by atoms with E-state index in [1.165, 1.54) is 0 Å². The molecule has 1 heterocycles. The minimum Gasteiger partial charge on any atom is -0.312 e. The molecule has 0 saturated heterocycles. The van der Waals surface area contributed by atoms with Gasteiger partial charge < -0.3 is 5.32 Å². The Labute approximate surface area is 79.4 Å².